The van der Waals surface area contributed by atoms with Crippen LogP contribution >= 0.6 is 11.3 Å². The van der Waals surface area contributed by atoms with Gasteiger partial charge >= 0.3 is 0 Å². The molecule has 0 bridgehead atoms. The number of hydrogen-bond donors (Lipinski definition) is 1. The predicted molar refractivity (Wildman–Crippen MR) is 44.1 cm³/mol. The monoisotopic (exact) mass is 156 g/mol. The molecule has 0 saturated heterocycles. The number of nitrogens with one attached hydrogen (secondary N) is 1. The van der Waals surface area contributed by atoms with E-state index < -0.39 is 0 Å². The van der Waals surface area contributed by atoms with Crippen LogP contribution in [-0.2, 0) is 6.54 Å². The molecule has 1 aromatic rings. The predicted octanol–water partition coefficient (Wildman–Crippen LogP) is 1.64. The Morgan fingerprint density at radius 1 is 1.70 bits per heavy atom. The lowest BCUT2D eigenvalue weighted by atomic mass is 10.4. The van der Waals surface area contributed by atoms with Gasteiger partial charge in [-0.05, 0) is 0 Å². The van der Waals surface area contributed by atoms with Crippen molar-refractivity contribution >= 4 is 11.3 Å². The van der Waals surface area contributed by atoms with Crippen LogP contribution in [0.2, 0.25) is 0 Å². The summed E-state index contributed by atoms with van der Waals surface area (Å²) in [6.45, 7) is 5.23. The van der Waals surface area contributed by atoms with Crippen molar-refractivity contribution in [3.05, 3.63) is 16.6 Å². The van der Waals surface area contributed by atoms with Gasteiger partial charge in [-0.3, -0.25) is 4.98 Å². The standard InChI is InChI=1S/C7H12N2S/c1-6(2)9-4-7-3-8-5-10-7/h3,5-6,9H,4H2,1-2H3. The molecule has 0 amide bonds. The molecule has 0 spiro atoms. The van der Waals surface area contributed by atoms with Crippen LogP contribution in [0.1, 0.15) is 18.7 Å². The molecule has 3 heteroatoms. The third kappa shape index (κ3) is 2.45. The molecule has 0 saturated carbocycles. The molecule has 1 heterocycles. The quantitative estimate of drug-likeness (QED) is 0.719. The highest BCUT2D eigenvalue weighted by atomic mass is 32.1. The van der Waals surface area contributed by atoms with Crippen molar-refractivity contribution in [1.82, 2.24) is 10.3 Å². The van der Waals surface area contributed by atoms with Gasteiger partial charge in [-0.25, -0.2) is 0 Å². The smallest absolute Gasteiger partial charge is 0.0794 e. The van der Waals surface area contributed by atoms with Crippen molar-refractivity contribution in [2.24, 2.45) is 0 Å². The van der Waals surface area contributed by atoms with Gasteiger partial charge in [0.2, 0.25) is 0 Å². The summed E-state index contributed by atoms with van der Waals surface area (Å²) in [5.74, 6) is 0. The van der Waals surface area contributed by atoms with Crippen LogP contribution < -0.4 is 5.32 Å². The Labute approximate surface area is 65.3 Å². The van der Waals surface area contributed by atoms with Crippen LogP contribution in [0.3, 0.4) is 0 Å². The Hall–Kier alpha value is -0.410. The van der Waals surface area contributed by atoms with Gasteiger partial charge in [0, 0.05) is 23.7 Å². The number of rotatable bonds is 3. The van der Waals surface area contributed by atoms with Crippen molar-refractivity contribution < 1.29 is 0 Å². The van der Waals surface area contributed by atoms with Crippen molar-refractivity contribution in [2.75, 3.05) is 0 Å². The molecular formula is C7H12N2S. The molecular weight excluding hydrogens is 144 g/mol. The summed E-state index contributed by atoms with van der Waals surface area (Å²) in [4.78, 5) is 5.28. The maximum Gasteiger partial charge on any atom is 0.0794 e. The minimum absolute atomic E-state index is 0.558. The molecule has 0 atom stereocenters. The molecule has 0 radical (unpaired) electrons. The van der Waals surface area contributed by atoms with Gasteiger partial charge in [0.25, 0.3) is 0 Å². The number of thiazole rings is 1. The first-order valence-electron chi connectivity index (χ1n) is 3.40. The highest BCUT2D eigenvalue weighted by Crippen LogP contribution is 2.04. The van der Waals surface area contributed by atoms with E-state index in [1.165, 1.54) is 4.88 Å². The van der Waals surface area contributed by atoms with Crippen molar-refractivity contribution in [3.63, 3.8) is 0 Å². The van der Waals surface area contributed by atoms with Crippen molar-refractivity contribution in [3.8, 4) is 0 Å². The summed E-state index contributed by atoms with van der Waals surface area (Å²) >= 11 is 1.69. The molecule has 10 heavy (non-hydrogen) atoms. The number of hydrogen-bond acceptors (Lipinski definition) is 3. The van der Waals surface area contributed by atoms with E-state index in [0.29, 0.717) is 6.04 Å². The zero-order valence-electron chi connectivity index (χ0n) is 6.29. The Bertz CT molecular complexity index is 170. The third-order valence-electron chi connectivity index (χ3n) is 1.17. The van der Waals surface area contributed by atoms with Crippen LogP contribution in [0, 0.1) is 0 Å². The second-order valence-corrected chi connectivity index (χ2v) is 3.47. The van der Waals surface area contributed by atoms with Gasteiger partial charge in [0.15, 0.2) is 0 Å². The van der Waals surface area contributed by atoms with Gasteiger partial charge in [0.05, 0.1) is 5.51 Å². The molecule has 1 aromatic heterocycles. The van der Waals surface area contributed by atoms with E-state index in [-0.39, 0.29) is 0 Å². The number of aromatic nitrogens is 1. The van der Waals surface area contributed by atoms with Gasteiger partial charge in [-0.2, -0.15) is 0 Å². The first kappa shape index (κ1) is 7.69. The fourth-order valence-corrected chi connectivity index (χ4v) is 1.18. The largest absolute Gasteiger partial charge is 0.310 e. The average Bonchev–Trinajstić information content (AvgIpc) is 2.34. The van der Waals surface area contributed by atoms with Crippen LogP contribution in [-0.4, -0.2) is 11.0 Å². The first-order valence-corrected chi connectivity index (χ1v) is 4.28. The van der Waals surface area contributed by atoms with Crippen LogP contribution in [0.25, 0.3) is 0 Å². The summed E-state index contributed by atoms with van der Waals surface area (Å²) in [5.41, 5.74) is 1.86. The minimum atomic E-state index is 0.558. The van der Waals surface area contributed by atoms with E-state index in [1.54, 1.807) is 11.3 Å². The molecule has 0 aliphatic carbocycles. The van der Waals surface area contributed by atoms with Gasteiger partial charge in [0.1, 0.15) is 0 Å². The average molecular weight is 156 g/mol. The Kier molecular flexibility index (Phi) is 2.83. The summed E-state index contributed by atoms with van der Waals surface area (Å²) in [6.07, 6.45) is 1.90. The Balaban J connectivity index is 2.28. The zero-order valence-corrected chi connectivity index (χ0v) is 7.11. The Morgan fingerprint density at radius 2 is 2.50 bits per heavy atom. The van der Waals surface area contributed by atoms with E-state index in [0.717, 1.165) is 6.54 Å². The zero-order chi connectivity index (χ0) is 7.40. The fourth-order valence-electron chi connectivity index (χ4n) is 0.634. The lowest BCUT2D eigenvalue weighted by Crippen LogP contribution is -2.21. The van der Waals surface area contributed by atoms with E-state index in [2.05, 4.69) is 24.1 Å². The van der Waals surface area contributed by atoms with Crippen molar-refractivity contribution in [2.45, 2.75) is 26.4 Å². The van der Waals surface area contributed by atoms with E-state index in [9.17, 15) is 0 Å². The lowest BCUT2D eigenvalue weighted by molar-refractivity contribution is 0.593. The van der Waals surface area contributed by atoms with Crippen LogP contribution in [0.15, 0.2) is 11.7 Å². The molecule has 0 unspecified atom stereocenters. The first-order chi connectivity index (χ1) is 4.79. The highest BCUT2D eigenvalue weighted by molar-refractivity contribution is 7.09. The maximum absolute atomic E-state index is 3.98. The summed E-state index contributed by atoms with van der Waals surface area (Å²) in [7, 11) is 0. The fraction of sp³-hybridized carbons (Fsp3) is 0.571. The second kappa shape index (κ2) is 3.68. The van der Waals surface area contributed by atoms with Gasteiger partial charge < -0.3 is 5.32 Å². The van der Waals surface area contributed by atoms with Crippen LogP contribution in [0.5, 0.6) is 0 Å². The topological polar surface area (TPSA) is 24.9 Å². The maximum atomic E-state index is 3.98. The van der Waals surface area contributed by atoms with Gasteiger partial charge in [-0.1, -0.05) is 13.8 Å². The molecule has 0 fully saturated rings. The lowest BCUT2D eigenvalue weighted by Gasteiger charge is -2.04. The van der Waals surface area contributed by atoms with E-state index >= 15 is 0 Å². The minimum Gasteiger partial charge on any atom is -0.310 e. The van der Waals surface area contributed by atoms with Gasteiger partial charge in [-0.15, -0.1) is 11.3 Å². The molecule has 1 N–H and O–H groups in total. The van der Waals surface area contributed by atoms with E-state index in [4.69, 9.17) is 0 Å². The van der Waals surface area contributed by atoms with E-state index in [1.807, 2.05) is 11.7 Å². The van der Waals surface area contributed by atoms with Crippen LogP contribution in [0.4, 0.5) is 0 Å². The third-order valence-corrected chi connectivity index (χ3v) is 1.95. The summed E-state index contributed by atoms with van der Waals surface area (Å²) in [6, 6.07) is 0.558. The number of nitrogens with zero attached hydrogens (tertiary/aromatic N) is 1. The molecule has 56 valence electrons. The summed E-state index contributed by atoms with van der Waals surface area (Å²) < 4.78 is 0. The molecule has 0 aromatic carbocycles. The normalized spacial score (nSPS) is 10.7. The molecule has 0 aliphatic rings. The molecule has 2 nitrogen and oxygen atoms in total. The van der Waals surface area contributed by atoms with Crippen molar-refractivity contribution in [1.29, 1.82) is 0 Å². The molecule has 0 aliphatic heterocycles. The highest BCUT2D eigenvalue weighted by Gasteiger charge is 1.94. The SMILES string of the molecule is CC(C)NCc1cncs1. The molecule has 1 rings (SSSR count). The Morgan fingerprint density at radius 3 is 3.00 bits per heavy atom. The second-order valence-electron chi connectivity index (χ2n) is 2.50. The summed E-state index contributed by atoms with van der Waals surface area (Å²) in [5, 5.41) is 3.32.